The number of anilines is 1. The average Bonchev–Trinajstić information content (AvgIpc) is 2.41. The molecule has 0 aliphatic rings. The van der Waals surface area contributed by atoms with Gasteiger partial charge in [-0.15, -0.1) is 0 Å². The Morgan fingerprint density at radius 1 is 1.32 bits per heavy atom. The fraction of sp³-hybridized carbons (Fsp3) is 0.667. The minimum atomic E-state index is 0.210. The van der Waals surface area contributed by atoms with Gasteiger partial charge in [0.15, 0.2) is 0 Å². The van der Waals surface area contributed by atoms with Gasteiger partial charge in [-0.3, -0.25) is 4.90 Å². The van der Waals surface area contributed by atoms with Gasteiger partial charge in [-0.05, 0) is 37.5 Å². The Labute approximate surface area is 116 Å². The minimum absolute atomic E-state index is 0.210. The van der Waals surface area contributed by atoms with Crippen LogP contribution in [-0.4, -0.2) is 40.7 Å². The fourth-order valence-corrected chi connectivity index (χ4v) is 2.41. The summed E-state index contributed by atoms with van der Waals surface area (Å²) in [4.78, 5) is 6.64. The van der Waals surface area contributed by atoms with Crippen LogP contribution in [0, 0.1) is 0 Å². The number of aliphatic hydroxyl groups excluding tert-OH is 1. The van der Waals surface area contributed by atoms with Crippen LogP contribution >= 0.6 is 0 Å². The van der Waals surface area contributed by atoms with E-state index in [0.29, 0.717) is 6.04 Å². The quantitative estimate of drug-likeness (QED) is 0.720. The summed E-state index contributed by atoms with van der Waals surface area (Å²) in [6.45, 7) is 9.16. The molecule has 4 heteroatoms. The summed E-state index contributed by atoms with van der Waals surface area (Å²) in [7, 11) is 0. The summed E-state index contributed by atoms with van der Waals surface area (Å²) < 4.78 is 0. The lowest BCUT2D eigenvalue weighted by atomic mass is 10.1. The minimum Gasteiger partial charge on any atom is -0.395 e. The van der Waals surface area contributed by atoms with Crippen LogP contribution in [0.5, 0.6) is 0 Å². The number of nitrogens with one attached hydrogen (secondary N) is 1. The van der Waals surface area contributed by atoms with Crippen LogP contribution in [0.3, 0.4) is 0 Å². The normalized spacial score (nSPS) is 11.3. The van der Waals surface area contributed by atoms with Gasteiger partial charge in [-0.2, -0.15) is 0 Å². The molecule has 4 nitrogen and oxygen atoms in total. The third-order valence-electron chi connectivity index (χ3n) is 3.41. The SMILES string of the molecule is CCNc1cc(CN(CCO)C(CC)CC)ccn1. The van der Waals surface area contributed by atoms with Crippen LogP contribution in [0.4, 0.5) is 5.82 Å². The molecule has 1 aromatic rings. The summed E-state index contributed by atoms with van der Waals surface area (Å²) >= 11 is 0. The highest BCUT2D eigenvalue weighted by Gasteiger charge is 2.15. The zero-order chi connectivity index (χ0) is 14.1. The van der Waals surface area contributed by atoms with E-state index < -0.39 is 0 Å². The average molecular weight is 265 g/mol. The summed E-state index contributed by atoms with van der Waals surface area (Å²) in [6, 6.07) is 4.67. The first kappa shape index (κ1) is 15.9. The first-order valence-electron chi connectivity index (χ1n) is 7.28. The van der Waals surface area contributed by atoms with E-state index in [0.717, 1.165) is 38.3 Å². The Kier molecular flexibility index (Phi) is 7.45. The molecule has 0 fully saturated rings. The number of aliphatic hydroxyl groups is 1. The number of rotatable bonds is 9. The molecule has 0 saturated carbocycles. The Morgan fingerprint density at radius 2 is 2.05 bits per heavy atom. The van der Waals surface area contributed by atoms with Gasteiger partial charge >= 0.3 is 0 Å². The topological polar surface area (TPSA) is 48.4 Å². The van der Waals surface area contributed by atoms with Crippen molar-refractivity contribution in [2.45, 2.75) is 46.2 Å². The van der Waals surface area contributed by atoms with Gasteiger partial charge in [0.25, 0.3) is 0 Å². The van der Waals surface area contributed by atoms with E-state index in [1.165, 1.54) is 5.56 Å². The number of pyridine rings is 1. The highest BCUT2D eigenvalue weighted by molar-refractivity contribution is 5.37. The molecule has 0 aromatic carbocycles. The summed E-state index contributed by atoms with van der Waals surface area (Å²) in [5, 5.41) is 12.5. The molecule has 0 aliphatic heterocycles. The smallest absolute Gasteiger partial charge is 0.126 e. The maximum absolute atomic E-state index is 9.23. The fourth-order valence-electron chi connectivity index (χ4n) is 2.41. The van der Waals surface area contributed by atoms with Crippen molar-refractivity contribution in [2.75, 3.05) is 25.0 Å². The van der Waals surface area contributed by atoms with Gasteiger partial charge < -0.3 is 10.4 Å². The monoisotopic (exact) mass is 265 g/mol. The van der Waals surface area contributed by atoms with Gasteiger partial charge in [-0.25, -0.2) is 4.98 Å². The van der Waals surface area contributed by atoms with Crippen molar-refractivity contribution in [3.8, 4) is 0 Å². The Bertz CT molecular complexity index is 353. The summed E-state index contributed by atoms with van der Waals surface area (Å²) in [5.41, 5.74) is 1.24. The molecule has 0 spiro atoms. The summed E-state index contributed by atoms with van der Waals surface area (Å²) in [6.07, 6.45) is 4.07. The van der Waals surface area contributed by atoms with Crippen molar-refractivity contribution < 1.29 is 5.11 Å². The third-order valence-corrected chi connectivity index (χ3v) is 3.41. The third kappa shape index (κ3) is 5.17. The largest absolute Gasteiger partial charge is 0.395 e. The van der Waals surface area contributed by atoms with E-state index in [2.05, 4.69) is 42.0 Å². The first-order valence-corrected chi connectivity index (χ1v) is 7.28. The Balaban J connectivity index is 2.74. The summed E-state index contributed by atoms with van der Waals surface area (Å²) in [5.74, 6) is 0.925. The van der Waals surface area contributed by atoms with Crippen LogP contribution < -0.4 is 5.32 Å². The van der Waals surface area contributed by atoms with Crippen LogP contribution in [0.15, 0.2) is 18.3 Å². The molecule has 0 unspecified atom stereocenters. The number of hydrogen-bond donors (Lipinski definition) is 2. The molecule has 0 bridgehead atoms. The second kappa shape index (κ2) is 8.88. The van der Waals surface area contributed by atoms with Crippen molar-refractivity contribution in [2.24, 2.45) is 0 Å². The van der Waals surface area contributed by atoms with Gasteiger partial charge in [0.2, 0.25) is 0 Å². The molecule has 1 aromatic heterocycles. The molecular weight excluding hydrogens is 238 g/mol. The molecule has 0 radical (unpaired) electrons. The number of nitrogens with zero attached hydrogens (tertiary/aromatic N) is 2. The molecule has 19 heavy (non-hydrogen) atoms. The Morgan fingerprint density at radius 3 is 2.63 bits per heavy atom. The molecule has 108 valence electrons. The van der Waals surface area contributed by atoms with Gasteiger partial charge in [0, 0.05) is 31.9 Å². The molecule has 2 N–H and O–H groups in total. The molecule has 1 rings (SSSR count). The van der Waals surface area contributed by atoms with E-state index in [9.17, 15) is 5.11 Å². The molecule has 0 saturated heterocycles. The molecule has 0 aliphatic carbocycles. The molecule has 0 atom stereocenters. The second-order valence-corrected chi connectivity index (χ2v) is 4.74. The van der Waals surface area contributed by atoms with Gasteiger partial charge in [0.1, 0.15) is 5.82 Å². The lowest BCUT2D eigenvalue weighted by Gasteiger charge is -2.29. The zero-order valence-electron chi connectivity index (χ0n) is 12.4. The number of hydrogen-bond acceptors (Lipinski definition) is 4. The van der Waals surface area contributed by atoms with Crippen molar-refractivity contribution in [1.82, 2.24) is 9.88 Å². The van der Waals surface area contributed by atoms with E-state index in [1.54, 1.807) is 0 Å². The number of aromatic nitrogens is 1. The maximum Gasteiger partial charge on any atom is 0.126 e. The standard InChI is InChI=1S/C15H27N3O/c1-4-14(5-2)18(9-10-19)12-13-7-8-17-15(11-13)16-6-3/h7-8,11,14,19H,4-6,9-10,12H2,1-3H3,(H,16,17). The van der Waals surface area contributed by atoms with Crippen LogP contribution in [0.1, 0.15) is 39.2 Å². The second-order valence-electron chi connectivity index (χ2n) is 4.74. The lowest BCUT2D eigenvalue weighted by Crippen LogP contribution is -2.36. The van der Waals surface area contributed by atoms with Crippen LogP contribution in [-0.2, 0) is 6.54 Å². The van der Waals surface area contributed by atoms with E-state index in [-0.39, 0.29) is 6.61 Å². The van der Waals surface area contributed by atoms with Gasteiger partial charge in [0.05, 0.1) is 6.61 Å². The van der Waals surface area contributed by atoms with Crippen LogP contribution in [0.2, 0.25) is 0 Å². The van der Waals surface area contributed by atoms with Gasteiger partial charge in [-0.1, -0.05) is 13.8 Å². The van der Waals surface area contributed by atoms with E-state index in [1.807, 2.05) is 12.3 Å². The van der Waals surface area contributed by atoms with E-state index >= 15 is 0 Å². The maximum atomic E-state index is 9.23. The molecule has 1 heterocycles. The highest BCUT2D eigenvalue weighted by atomic mass is 16.3. The van der Waals surface area contributed by atoms with E-state index in [4.69, 9.17) is 0 Å². The van der Waals surface area contributed by atoms with Crippen molar-refractivity contribution in [3.05, 3.63) is 23.9 Å². The molecular formula is C15H27N3O. The van der Waals surface area contributed by atoms with Crippen molar-refractivity contribution in [3.63, 3.8) is 0 Å². The first-order chi connectivity index (χ1) is 9.24. The zero-order valence-corrected chi connectivity index (χ0v) is 12.4. The predicted octanol–water partition coefficient (Wildman–Crippen LogP) is 2.50. The van der Waals surface area contributed by atoms with Crippen LogP contribution in [0.25, 0.3) is 0 Å². The highest BCUT2D eigenvalue weighted by Crippen LogP contribution is 2.15. The predicted molar refractivity (Wildman–Crippen MR) is 80.3 cm³/mol. The van der Waals surface area contributed by atoms with Crippen molar-refractivity contribution >= 4 is 5.82 Å². The van der Waals surface area contributed by atoms with Crippen molar-refractivity contribution in [1.29, 1.82) is 0 Å². The lowest BCUT2D eigenvalue weighted by molar-refractivity contribution is 0.136. The Hall–Kier alpha value is -1.13. The molecule has 0 amide bonds.